The highest BCUT2D eigenvalue weighted by atomic mass is 16.6. The van der Waals surface area contributed by atoms with E-state index in [1.807, 2.05) is 30.3 Å². The number of urea groups is 1. The Morgan fingerprint density at radius 3 is 2.64 bits per heavy atom. The van der Waals surface area contributed by atoms with Gasteiger partial charge in [-0.1, -0.05) is 54.8 Å². The number of hydrogen-bond acceptors (Lipinski definition) is 4. The van der Waals surface area contributed by atoms with Crippen molar-refractivity contribution < 1.29 is 14.4 Å². The highest BCUT2D eigenvalue weighted by Gasteiger charge is 2.16. The van der Waals surface area contributed by atoms with Gasteiger partial charge < -0.3 is 10.2 Å². The summed E-state index contributed by atoms with van der Waals surface area (Å²) in [5, 5.41) is 8.73. The quantitative estimate of drug-likeness (QED) is 0.646. The van der Waals surface area contributed by atoms with Gasteiger partial charge in [-0.25, -0.2) is 4.79 Å². The number of hydrogen-bond donors (Lipinski definition) is 2. The van der Waals surface area contributed by atoms with Gasteiger partial charge in [0.05, 0.1) is 6.21 Å². The highest BCUT2D eigenvalue weighted by Crippen LogP contribution is 2.17. The SMILES string of the molecule is O=C(CO/N=C\c1ccccc1)NC(=O)NC1CCCCC1. The lowest BCUT2D eigenvalue weighted by Gasteiger charge is -2.22. The maximum absolute atomic E-state index is 11.6. The van der Waals surface area contributed by atoms with Crippen LogP contribution >= 0.6 is 0 Å². The van der Waals surface area contributed by atoms with E-state index in [9.17, 15) is 9.59 Å². The average molecular weight is 303 g/mol. The van der Waals surface area contributed by atoms with Crippen LogP contribution in [0.5, 0.6) is 0 Å². The largest absolute Gasteiger partial charge is 0.386 e. The summed E-state index contributed by atoms with van der Waals surface area (Å²) in [6, 6.07) is 9.09. The minimum Gasteiger partial charge on any atom is -0.386 e. The predicted octanol–water partition coefficient (Wildman–Crippen LogP) is 2.20. The molecule has 0 atom stereocenters. The first-order chi connectivity index (χ1) is 10.7. The summed E-state index contributed by atoms with van der Waals surface area (Å²) < 4.78 is 0. The van der Waals surface area contributed by atoms with Crippen molar-refractivity contribution in [1.82, 2.24) is 10.6 Å². The third-order valence-electron chi connectivity index (χ3n) is 3.46. The van der Waals surface area contributed by atoms with Crippen LogP contribution in [0.2, 0.25) is 0 Å². The maximum Gasteiger partial charge on any atom is 0.321 e. The van der Waals surface area contributed by atoms with E-state index in [4.69, 9.17) is 4.84 Å². The molecule has 1 aromatic rings. The molecule has 6 nitrogen and oxygen atoms in total. The van der Waals surface area contributed by atoms with Gasteiger partial charge in [-0.3, -0.25) is 10.1 Å². The number of carbonyl (C=O) groups excluding carboxylic acids is 2. The fourth-order valence-corrected chi connectivity index (χ4v) is 2.36. The molecular weight excluding hydrogens is 282 g/mol. The van der Waals surface area contributed by atoms with E-state index in [0.717, 1.165) is 31.2 Å². The molecule has 1 fully saturated rings. The molecule has 0 aliphatic heterocycles. The van der Waals surface area contributed by atoms with Crippen LogP contribution in [0.3, 0.4) is 0 Å². The molecular formula is C16H21N3O3. The van der Waals surface area contributed by atoms with Crippen LogP contribution in [0.1, 0.15) is 37.7 Å². The Hall–Kier alpha value is -2.37. The molecule has 118 valence electrons. The van der Waals surface area contributed by atoms with E-state index in [0.29, 0.717) is 0 Å². The molecule has 1 aromatic carbocycles. The zero-order valence-electron chi connectivity index (χ0n) is 12.5. The number of imide groups is 1. The molecule has 0 aromatic heterocycles. The van der Waals surface area contributed by atoms with Crippen LogP contribution in [0.4, 0.5) is 4.79 Å². The average Bonchev–Trinajstić information content (AvgIpc) is 2.53. The van der Waals surface area contributed by atoms with Crippen molar-refractivity contribution in [2.75, 3.05) is 6.61 Å². The summed E-state index contributed by atoms with van der Waals surface area (Å²) >= 11 is 0. The molecule has 0 saturated heterocycles. The Balaban J connectivity index is 1.62. The van der Waals surface area contributed by atoms with Crippen LogP contribution in [0.15, 0.2) is 35.5 Å². The van der Waals surface area contributed by atoms with Crippen LogP contribution in [0, 0.1) is 0 Å². The van der Waals surface area contributed by atoms with Gasteiger partial charge in [0, 0.05) is 6.04 Å². The zero-order valence-corrected chi connectivity index (χ0v) is 12.5. The van der Waals surface area contributed by atoms with Gasteiger partial charge in [0.25, 0.3) is 5.91 Å². The molecule has 0 bridgehead atoms. The zero-order chi connectivity index (χ0) is 15.6. The fourth-order valence-electron chi connectivity index (χ4n) is 2.36. The summed E-state index contributed by atoms with van der Waals surface area (Å²) in [6.07, 6.45) is 6.91. The first-order valence-electron chi connectivity index (χ1n) is 7.55. The minimum absolute atomic E-state index is 0.165. The van der Waals surface area contributed by atoms with Crippen molar-refractivity contribution in [3.8, 4) is 0 Å². The summed E-state index contributed by atoms with van der Waals surface area (Å²) in [7, 11) is 0. The van der Waals surface area contributed by atoms with Gasteiger partial charge in [0.15, 0.2) is 6.61 Å². The van der Waals surface area contributed by atoms with Crippen molar-refractivity contribution in [1.29, 1.82) is 0 Å². The second kappa shape index (κ2) is 8.81. The molecule has 1 aliphatic rings. The van der Waals surface area contributed by atoms with Gasteiger partial charge >= 0.3 is 6.03 Å². The van der Waals surface area contributed by atoms with Crippen LogP contribution < -0.4 is 10.6 Å². The van der Waals surface area contributed by atoms with Crippen molar-refractivity contribution in [3.63, 3.8) is 0 Å². The molecule has 0 heterocycles. The molecule has 0 unspecified atom stereocenters. The van der Waals surface area contributed by atoms with Crippen molar-refractivity contribution in [3.05, 3.63) is 35.9 Å². The molecule has 0 radical (unpaired) electrons. The summed E-state index contributed by atoms with van der Waals surface area (Å²) in [4.78, 5) is 28.0. The van der Waals surface area contributed by atoms with Crippen molar-refractivity contribution in [2.24, 2.45) is 5.16 Å². The summed E-state index contributed by atoms with van der Waals surface area (Å²) in [6.45, 7) is -0.290. The predicted molar refractivity (Wildman–Crippen MR) is 83.5 cm³/mol. The summed E-state index contributed by atoms with van der Waals surface area (Å²) in [5.74, 6) is -0.515. The van der Waals surface area contributed by atoms with Gasteiger partial charge in [0.2, 0.25) is 0 Å². The normalized spacial score (nSPS) is 15.5. The number of nitrogens with zero attached hydrogens (tertiary/aromatic N) is 1. The Bertz CT molecular complexity index is 511. The van der Waals surface area contributed by atoms with Gasteiger partial charge in [-0.05, 0) is 18.4 Å². The first kappa shape index (κ1) is 16.0. The maximum atomic E-state index is 11.6. The van der Waals surface area contributed by atoms with Crippen molar-refractivity contribution in [2.45, 2.75) is 38.1 Å². The third-order valence-corrected chi connectivity index (χ3v) is 3.46. The lowest BCUT2D eigenvalue weighted by molar-refractivity contribution is -0.124. The Morgan fingerprint density at radius 2 is 1.91 bits per heavy atom. The highest BCUT2D eigenvalue weighted by molar-refractivity contribution is 5.95. The molecule has 6 heteroatoms. The second-order valence-electron chi connectivity index (χ2n) is 5.28. The molecule has 3 amide bonds. The first-order valence-corrected chi connectivity index (χ1v) is 7.55. The Kier molecular flexibility index (Phi) is 6.41. The Labute approximate surface area is 129 Å². The van der Waals surface area contributed by atoms with E-state index in [1.54, 1.807) is 0 Å². The van der Waals surface area contributed by atoms with Crippen molar-refractivity contribution >= 4 is 18.2 Å². The van der Waals surface area contributed by atoms with Crippen LogP contribution in [0.25, 0.3) is 0 Å². The number of carbonyl (C=O) groups is 2. The standard InChI is InChI=1S/C16H21N3O3/c20-15(12-22-17-11-13-7-3-1-4-8-13)19-16(21)18-14-9-5-2-6-10-14/h1,3-4,7-8,11,14H,2,5-6,9-10,12H2,(H2,18,19,20,21)/b17-11-. The van der Waals surface area contributed by atoms with E-state index >= 15 is 0 Å². The van der Waals surface area contributed by atoms with Gasteiger partial charge in [-0.2, -0.15) is 0 Å². The lowest BCUT2D eigenvalue weighted by atomic mass is 9.96. The lowest BCUT2D eigenvalue weighted by Crippen LogP contribution is -2.46. The summed E-state index contributed by atoms with van der Waals surface area (Å²) in [5.41, 5.74) is 0.873. The topological polar surface area (TPSA) is 79.8 Å². The van der Waals surface area contributed by atoms with Gasteiger partial charge in [-0.15, -0.1) is 0 Å². The van der Waals surface area contributed by atoms with Gasteiger partial charge in [0.1, 0.15) is 0 Å². The number of nitrogens with one attached hydrogen (secondary N) is 2. The molecule has 2 rings (SSSR count). The van der Waals surface area contributed by atoms with E-state index in [-0.39, 0.29) is 12.6 Å². The third kappa shape index (κ3) is 5.95. The molecule has 0 spiro atoms. The monoisotopic (exact) mass is 303 g/mol. The van der Waals surface area contributed by atoms with E-state index < -0.39 is 11.9 Å². The van der Waals surface area contributed by atoms with Crippen LogP contribution in [-0.2, 0) is 9.63 Å². The molecule has 1 aliphatic carbocycles. The molecule has 2 N–H and O–H groups in total. The Morgan fingerprint density at radius 1 is 1.18 bits per heavy atom. The second-order valence-corrected chi connectivity index (χ2v) is 5.28. The number of oxime groups is 1. The number of benzene rings is 1. The molecule has 22 heavy (non-hydrogen) atoms. The van der Waals surface area contributed by atoms with E-state index in [1.165, 1.54) is 12.6 Å². The van der Waals surface area contributed by atoms with E-state index in [2.05, 4.69) is 15.8 Å². The molecule has 1 saturated carbocycles. The van der Waals surface area contributed by atoms with Crippen LogP contribution in [-0.4, -0.2) is 30.8 Å². The number of rotatable bonds is 5. The fraction of sp³-hybridized carbons (Fsp3) is 0.438. The minimum atomic E-state index is -0.515. The smallest absolute Gasteiger partial charge is 0.321 e. The number of amides is 3.